The molecule has 2 heterocycles. The molecule has 1 atom stereocenters. The van der Waals surface area contributed by atoms with E-state index in [0.717, 1.165) is 16.8 Å². The molecule has 3 amide bonds. The van der Waals surface area contributed by atoms with Crippen LogP contribution in [-0.4, -0.2) is 72.0 Å². The predicted molar refractivity (Wildman–Crippen MR) is 179 cm³/mol. The normalized spacial score (nSPS) is 13.0. The third-order valence-electron chi connectivity index (χ3n) is 7.62. The molecule has 5 rings (SSSR count). The molecule has 1 aliphatic heterocycles. The molecule has 0 spiro atoms. The summed E-state index contributed by atoms with van der Waals surface area (Å²) in [6.45, 7) is 3.87. The molecule has 0 saturated carbocycles. The topological polar surface area (TPSA) is 141 Å². The average Bonchev–Trinajstić information content (AvgIpc) is 3.11. The van der Waals surface area contributed by atoms with E-state index < -0.39 is 0 Å². The number of rotatable bonds is 11. The Morgan fingerprint density at radius 1 is 0.936 bits per heavy atom. The van der Waals surface area contributed by atoms with Crippen LogP contribution in [0.3, 0.4) is 0 Å². The van der Waals surface area contributed by atoms with Gasteiger partial charge in [0.1, 0.15) is 5.75 Å². The van der Waals surface area contributed by atoms with Crippen molar-refractivity contribution in [2.24, 2.45) is 0 Å². The molecule has 11 heteroatoms. The lowest BCUT2D eigenvalue weighted by atomic mass is 10.1. The lowest BCUT2D eigenvalue weighted by Crippen LogP contribution is -2.49. The van der Waals surface area contributed by atoms with Crippen molar-refractivity contribution in [1.29, 1.82) is 0 Å². The number of carbonyl (C=O) groups excluding carboxylic acids is 3. The lowest BCUT2D eigenvalue weighted by Gasteiger charge is -2.37. The fraction of sp³-hybridized carbons (Fsp3) is 0.250. The van der Waals surface area contributed by atoms with E-state index in [0.29, 0.717) is 56.0 Å². The van der Waals surface area contributed by atoms with E-state index in [-0.39, 0.29) is 36.8 Å². The van der Waals surface area contributed by atoms with Crippen molar-refractivity contribution in [1.82, 2.24) is 15.2 Å². The summed E-state index contributed by atoms with van der Waals surface area (Å²) in [5.41, 5.74) is 3.63. The van der Waals surface area contributed by atoms with E-state index in [9.17, 15) is 14.4 Å². The highest BCUT2D eigenvalue weighted by molar-refractivity contribution is 6.00. The highest BCUT2D eigenvalue weighted by atomic mass is 16.5. The zero-order valence-electron chi connectivity index (χ0n) is 26.2. The molecule has 1 unspecified atom stereocenters. The van der Waals surface area contributed by atoms with Crippen molar-refractivity contribution in [3.8, 4) is 5.75 Å². The summed E-state index contributed by atoms with van der Waals surface area (Å²) in [6, 6.07) is 27.8. The Morgan fingerprint density at radius 2 is 1.62 bits per heavy atom. The number of para-hydroxylation sites is 1. The summed E-state index contributed by atoms with van der Waals surface area (Å²) in [5, 5.41) is 12.9. The molecule has 244 valence electrons. The van der Waals surface area contributed by atoms with Gasteiger partial charge in [-0.05, 0) is 53.9 Å². The second kappa shape index (κ2) is 17.7. The Hall–Kier alpha value is -5.71. The number of hydrogen-bond donors (Lipinski definition) is 3. The number of nitrogens with zero attached hydrogens (tertiary/aromatic N) is 3. The van der Waals surface area contributed by atoms with E-state index in [1.54, 1.807) is 36.7 Å². The van der Waals surface area contributed by atoms with Gasteiger partial charge in [-0.2, -0.15) is 0 Å². The number of hydrogen-bond acceptors (Lipinski definition) is 7. The van der Waals surface area contributed by atoms with Gasteiger partial charge in [0.15, 0.2) is 6.61 Å². The fourth-order valence-electron chi connectivity index (χ4n) is 5.23. The van der Waals surface area contributed by atoms with Gasteiger partial charge in [-0.3, -0.25) is 24.2 Å². The molecule has 0 radical (unpaired) electrons. The third-order valence-corrected chi connectivity index (χ3v) is 7.62. The number of anilines is 2. The highest BCUT2D eigenvalue weighted by Crippen LogP contribution is 2.29. The first kappa shape index (κ1) is 34.2. The van der Waals surface area contributed by atoms with Crippen molar-refractivity contribution < 1.29 is 29.0 Å². The summed E-state index contributed by atoms with van der Waals surface area (Å²) in [6.07, 6.45) is 4.51. The predicted octanol–water partition coefficient (Wildman–Crippen LogP) is 4.57. The Labute approximate surface area is 274 Å². The van der Waals surface area contributed by atoms with Gasteiger partial charge in [-0.15, -0.1) is 0 Å². The second-order valence-electron chi connectivity index (χ2n) is 10.7. The largest absolute Gasteiger partial charge is 0.484 e. The molecule has 0 bridgehead atoms. The molecule has 1 saturated heterocycles. The monoisotopic (exact) mass is 637 g/mol. The van der Waals surface area contributed by atoms with Gasteiger partial charge in [0, 0.05) is 44.1 Å². The maximum Gasteiger partial charge on any atom is 0.290 e. The molecule has 3 aromatic carbocycles. The standard InChI is InChI=1S/C35H37N5O4.CH2O2/c1-2-30(28-12-9-17-36-24-28)38-35(43)27-15-16-32(31(23-27)37-33(41)25-44-29-13-7-4-8-14-29)39-18-20-40(21-19-39)34(42)22-26-10-5-3-6-11-26;2-1-3/h3-17,23-24,30H,2,18-22,25H2,1H3,(H,37,41)(H,38,43);1H,(H,2,3). The van der Waals surface area contributed by atoms with Gasteiger partial charge in [-0.1, -0.05) is 61.5 Å². The number of amides is 3. The molecular weight excluding hydrogens is 598 g/mol. The minimum absolute atomic E-state index is 0.0913. The number of carbonyl (C=O) groups is 4. The third kappa shape index (κ3) is 10.1. The van der Waals surface area contributed by atoms with Crippen LogP contribution < -0.4 is 20.3 Å². The van der Waals surface area contributed by atoms with E-state index in [1.807, 2.05) is 78.6 Å². The number of aromatic nitrogens is 1. The van der Waals surface area contributed by atoms with Gasteiger partial charge < -0.3 is 30.3 Å². The van der Waals surface area contributed by atoms with Crippen LogP contribution in [0.4, 0.5) is 11.4 Å². The first-order valence-corrected chi connectivity index (χ1v) is 15.4. The second-order valence-corrected chi connectivity index (χ2v) is 10.7. The van der Waals surface area contributed by atoms with Crippen molar-refractivity contribution in [3.63, 3.8) is 0 Å². The minimum atomic E-state index is -0.342. The molecule has 4 aromatic rings. The number of nitrogens with one attached hydrogen (secondary N) is 2. The van der Waals surface area contributed by atoms with E-state index >= 15 is 0 Å². The first-order valence-electron chi connectivity index (χ1n) is 15.4. The van der Waals surface area contributed by atoms with E-state index in [2.05, 4.69) is 20.5 Å². The van der Waals surface area contributed by atoms with Crippen LogP contribution in [0.25, 0.3) is 0 Å². The summed E-state index contributed by atoms with van der Waals surface area (Å²) in [4.78, 5) is 55.9. The van der Waals surface area contributed by atoms with Crippen molar-refractivity contribution in [3.05, 3.63) is 120 Å². The van der Waals surface area contributed by atoms with Crippen LogP contribution in [0.2, 0.25) is 0 Å². The molecular formula is C36H39N5O6. The van der Waals surface area contributed by atoms with Crippen LogP contribution in [0.15, 0.2) is 103 Å². The zero-order chi connectivity index (χ0) is 33.4. The number of benzene rings is 3. The SMILES string of the molecule is CCC(NC(=O)c1ccc(N2CCN(C(=O)Cc3ccccc3)CC2)c(NC(=O)COc2ccccc2)c1)c1cccnc1.O=CO. The summed E-state index contributed by atoms with van der Waals surface area (Å²) in [7, 11) is 0. The number of piperazine rings is 1. The maximum absolute atomic E-state index is 13.4. The molecule has 1 aromatic heterocycles. The van der Waals surface area contributed by atoms with E-state index in [1.165, 1.54) is 0 Å². The number of ether oxygens (including phenoxy) is 1. The van der Waals surface area contributed by atoms with Gasteiger partial charge >= 0.3 is 0 Å². The Balaban J connectivity index is 0.00000160. The van der Waals surface area contributed by atoms with Crippen LogP contribution >= 0.6 is 0 Å². The molecule has 3 N–H and O–H groups in total. The van der Waals surface area contributed by atoms with Crippen molar-refractivity contribution in [2.45, 2.75) is 25.8 Å². The maximum atomic E-state index is 13.4. The first-order chi connectivity index (χ1) is 22.9. The zero-order valence-corrected chi connectivity index (χ0v) is 26.2. The van der Waals surface area contributed by atoms with Crippen molar-refractivity contribution in [2.75, 3.05) is 43.0 Å². The van der Waals surface area contributed by atoms with Gasteiger partial charge in [0.25, 0.3) is 18.3 Å². The smallest absolute Gasteiger partial charge is 0.290 e. The molecule has 0 aliphatic carbocycles. The van der Waals surface area contributed by atoms with Crippen molar-refractivity contribution >= 4 is 35.6 Å². The average molecular weight is 638 g/mol. The number of carboxylic acid groups (broad SMARTS) is 1. The Morgan fingerprint density at radius 3 is 2.26 bits per heavy atom. The van der Waals surface area contributed by atoms with Crippen LogP contribution in [0.5, 0.6) is 5.75 Å². The summed E-state index contributed by atoms with van der Waals surface area (Å²) >= 11 is 0. The fourth-order valence-corrected chi connectivity index (χ4v) is 5.23. The highest BCUT2D eigenvalue weighted by Gasteiger charge is 2.24. The molecule has 11 nitrogen and oxygen atoms in total. The summed E-state index contributed by atoms with van der Waals surface area (Å²) < 4.78 is 5.65. The molecule has 1 aliphatic rings. The number of pyridine rings is 1. The van der Waals surface area contributed by atoms with Gasteiger partial charge in [-0.25, -0.2) is 0 Å². The summed E-state index contributed by atoms with van der Waals surface area (Å²) in [5.74, 6) is 0.0904. The Bertz CT molecular complexity index is 1600. The van der Waals surface area contributed by atoms with Gasteiger partial charge in [0.05, 0.1) is 23.8 Å². The van der Waals surface area contributed by atoms with Gasteiger partial charge in [0.2, 0.25) is 5.91 Å². The quantitative estimate of drug-likeness (QED) is 0.203. The lowest BCUT2D eigenvalue weighted by molar-refractivity contribution is -0.130. The molecule has 47 heavy (non-hydrogen) atoms. The minimum Gasteiger partial charge on any atom is -0.484 e. The van der Waals surface area contributed by atoms with E-state index in [4.69, 9.17) is 14.6 Å². The Kier molecular flexibility index (Phi) is 12.9. The van der Waals surface area contributed by atoms with Crippen LogP contribution in [-0.2, 0) is 20.8 Å². The molecule has 1 fully saturated rings. The van der Waals surface area contributed by atoms with Crippen LogP contribution in [0.1, 0.15) is 40.9 Å². The van der Waals surface area contributed by atoms with Crippen LogP contribution in [0, 0.1) is 0 Å².